The number of hydrogen-bond donors (Lipinski definition) is 1. The van der Waals surface area contributed by atoms with Crippen LogP contribution in [0.1, 0.15) is 33.6 Å². The summed E-state index contributed by atoms with van der Waals surface area (Å²) in [6.45, 7) is 6.13. The maximum atomic E-state index is 5.06. The van der Waals surface area contributed by atoms with E-state index in [0.717, 1.165) is 18.6 Å². The molecule has 0 spiro atoms. The molecule has 0 aromatic heterocycles. The van der Waals surface area contributed by atoms with Gasteiger partial charge >= 0.3 is 0 Å². The summed E-state index contributed by atoms with van der Waals surface area (Å²) < 4.78 is 0. The van der Waals surface area contributed by atoms with Gasteiger partial charge in [-0.3, -0.25) is 0 Å². The standard InChI is InChI=1S/C8H16N2/c1-7(2)5-4-6-8(3)10-9/h5H,4,6,9H2,1-3H3. The molecule has 0 radical (unpaired) electrons. The molecule has 0 unspecified atom stereocenters. The van der Waals surface area contributed by atoms with Crippen molar-refractivity contribution in [1.29, 1.82) is 0 Å². The highest BCUT2D eigenvalue weighted by atomic mass is 15.1. The molecule has 0 heterocycles. The second kappa shape index (κ2) is 5.03. The lowest BCUT2D eigenvalue weighted by Gasteiger charge is -1.93. The molecule has 0 aromatic carbocycles. The Bertz CT molecular complexity index is 141. The summed E-state index contributed by atoms with van der Waals surface area (Å²) in [5.41, 5.74) is 2.36. The second-order valence-corrected chi connectivity index (χ2v) is 2.68. The molecule has 0 aliphatic carbocycles. The average Bonchev–Trinajstić information content (AvgIpc) is 1.87. The highest BCUT2D eigenvalue weighted by molar-refractivity contribution is 5.81. The molecule has 10 heavy (non-hydrogen) atoms. The maximum absolute atomic E-state index is 5.06. The minimum absolute atomic E-state index is 0.974. The second-order valence-electron chi connectivity index (χ2n) is 2.68. The zero-order valence-electron chi connectivity index (χ0n) is 7.02. The summed E-state index contributed by atoms with van der Waals surface area (Å²) in [6.07, 6.45) is 4.21. The largest absolute Gasteiger partial charge is 0.323 e. The summed E-state index contributed by atoms with van der Waals surface area (Å²) in [5.74, 6) is 5.06. The van der Waals surface area contributed by atoms with Gasteiger partial charge in [-0.1, -0.05) is 11.6 Å². The minimum atomic E-state index is 0.974. The molecule has 0 atom stereocenters. The first-order valence-electron chi connectivity index (χ1n) is 3.53. The van der Waals surface area contributed by atoms with E-state index in [-0.39, 0.29) is 0 Å². The average molecular weight is 140 g/mol. The third kappa shape index (κ3) is 5.35. The van der Waals surface area contributed by atoms with Gasteiger partial charge in [0, 0.05) is 5.71 Å². The number of nitrogens with two attached hydrogens (primary N) is 1. The van der Waals surface area contributed by atoms with Crippen molar-refractivity contribution in [3.8, 4) is 0 Å². The first kappa shape index (κ1) is 9.21. The van der Waals surface area contributed by atoms with E-state index in [1.807, 2.05) is 6.92 Å². The molecular formula is C8H16N2. The molecule has 0 aromatic rings. The Morgan fingerprint density at radius 1 is 1.40 bits per heavy atom. The normalized spacial score (nSPS) is 11.3. The molecule has 2 N–H and O–H groups in total. The quantitative estimate of drug-likeness (QED) is 0.277. The van der Waals surface area contributed by atoms with Gasteiger partial charge in [-0.2, -0.15) is 5.10 Å². The molecule has 0 saturated heterocycles. The number of allylic oxidation sites excluding steroid dienone is 2. The lowest BCUT2D eigenvalue weighted by molar-refractivity contribution is 1.05. The van der Waals surface area contributed by atoms with Crippen LogP contribution in [0, 0.1) is 0 Å². The van der Waals surface area contributed by atoms with Gasteiger partial charge in [-0.25, -0.2) is 0 Å². The van der Waals surface area contributed by atoms with Crippen LogP contribution in [0.2, 0.25) is 0 Å². The van der Waals surface area contributed by atoms with Gasteiger partial charge in [0.05, 0.1) is 0 Å². The Balaban J connectivity index is 3.47. The van der Waals surface area contributed by atoms with Crippen molar-refractivity contribution in [3.63, 3.8) is 0 Å². The van der Waals surface area contributed by atoms with E-state index in [1.165, 1.54) is 5.57 Å². The summed E-state index contributed by atoms with van der Waals surface area (Å²) in [4.78, 5) is 0. The fourth-order valence-corrected chi connectivity index (χ4v) is 0.634. The van der Waals surface area contributed by atoms with E-state index in [2.05, 4.69) is 25.0 Å². The van der Waals surface area contributed by atoms with E-state index < -0.39 is 0 Å². The zero-order chi connectivity index (χ0) is 7.98. The Morgan fingerprint density at radius 3 is 2.40 bits per heavy atom. The monoisotopic (exact) mass is 140 g/mol. The molecule has 2 nitrogen and oxygen atoms in total. The van der Waals surface area contributed by atoms with Crippen LogP contribution in [0.5, 0.6) is 0 Å². The SMILES string of the molecule is CC(C)=CCCC(C)=NN. The third-order valence-corrected chi connectivity index (χ3v) is 1.28. The van der Waals surface area contributed by atoms with Crippen LogP contribution in [0.15, 0.2) is 16.8 Å². The number of hydrazone groups is 1. The van der Waals surface area contributed by atoms with Gasteiger partial charge < -0.3 is 5.84 Å². The van der Waals surface area contributed by atoms with Crippen LogP contribution in [0.25, 0.3) is 0 Å². The number of rotatable bonds is 3. The number of hydrogen-bond acceptors (Lipinski definition) is 2. The van der Waals surface area contributed by atoms with Crippen molar-refractivity contribution in [2.45, 2.75) is 33.6 Å². The Kier molecular flexibility index (Phi) is 4.63. The fraction of sp³-hybridized carbons (Fsp3) is 0.625. The molecule has 0 aliphatic heterocycles. The van der Waals surface area contributed by atoms with Crippen LogP contribution >= 0.6 is 0 Å². The minimum Gasteiger partial charge on any atom is -0.323 e. The van der Waals surface area contributed by atoms with Gasteiger partial charge in [0.15, 0.2) is 0 Å². The molecule has 0 amide bonds. The van der Waals surface area contributed by atoms with Crippen molar-refractivity contribution in [2.24, 2.45) is 10.9 Å². The van der Waals surface area contributed by atoms with Crippen LogP contribution in [0.4, 0.5) is 0 Å². The Morgan fingerprint density at radius 2 is 2.00 bits per heavy atom. The Hall–Kier alpha value is -0.790. The van der Waals surface area contributed by atoms with E-state index in [0.29, 0.717) is 0 Å². The lowest BCUT2D eigenvalue weighted by Crippen LogP contribution is -1.94. The van der Waals surface area contributed by atoms with Crippen molar-refractivity contribution in [1.82, 2.24) is 0 Å². The summed E-state index contributed by atoms with van der Waals surface area (Å²) in [7, 11) is 0. The van der Waals surface area contributed by atoms with Gasteiger partial charge in [0.25, 0.3) is 0 Å². The van der Waals surface area contributed by atoms with Crippen LogP contribution in [-0.2, 0) is 0 Å². The van der Waals surface area contributed by atoms with Gasteiger partial charge in [-0.05, 0) is 33.6 Å². The van der Waals surface area contributed by atoms with E-state index in [4.69, 9.17) is 5.84 Å². The summed E-state index contributed by atoms with van der Waals surface area (Å²) >= 11 is 0. The maximum Gasteiger partial charge on any atom is 0.0348 e. The first-order chi connectivity index (χ1) is 4.66. The van der Waals surface area contributed by atoms with Gasteiger partial charge in [-0.15, -0.1) is 0 Å². The summed E-state index contributed by atoms with van der Waals surface area (Å²) in [5, 5.41) is 3.57. The van der Waals surface area contributed by atoms with Crippen LogP contribution in [0.3, 0.4) is 0 Å². The molecule has 0 aliphatic rings. The first-order valence-corrected chi connectivity index (χ1v) is 3.53. The molecule has 2 heteroatoms. The molecule has 0 rings (SSSR count). The lowest BCUT2D eigenvalue weighted by atomic mass is 10.2. The fourth-order valence-electron chi connectivity index (χ4n) is 0.634. The molecule has 0 fully saturated rings. The predicted molar refractivity (Wildman–Crippen MR) is 46.0 cm³/mol. The number of nitrogens with zero attached hydrogens (tertiary/aromatic N) is 1. The molecule has 0 bridgehead atoms. The van der Waals surface area contributed by atoms with Gasteiger partial charge in [0.2, 0.25) is 0 Å². The van der Waals surface area contributed by atoms with Crippen LogP contribution < -0.4 is 5.84 Å². The molecule has 58 valence electrons. The van der Waals surface area contributed by atoms with E-state index in [9.17, 15) is 0 Å². The van der Waals surface area contributed by atoms with Crippen molar-refractivity contribution in [2.75, 3.05) is 0 Å². The molecular weight excluding hydrogens is 124 g/mol. The van der Waals surface area contributed by atoms with E-state index in [1.54, 1.807) is 0 Å². The predicted octanol–water partition coefficient (Wildman–Crippen LogP) is 2.07. The smallest absolute Gasteiger partial charge is 0.0348 e. The summed E-state index contributed by atoms with van der Waals surface area (Å²) in [6, 6.07) is 0. The Labute approximate surface area is 62.8 Å². The highest BCUT2D eigenvalue weighted by Crippen LogP contribution is 1.97. The topological polar surface area (TPSA) is 38.4 Å². The van der Waals surface area contributed by atoms with E-state index >= 15 is 0 Å². The highest BCUT2D eigenvalue weighted by Gasteiger charge is 1.87. The van der Waals surface area contributed by atoms with Crippen molar-refractivity contribution in [3.05, 3.63) is 11.6 Å². The zero-order valence-corrected chi connectivity index (χ0v) is 7.02. The van der Waals surface area contributed by atoms with Crippen molar-refractivity contribution < 1.29 is 0 Å². The molecule has 0 saturated carbocycles. The van der Waals surface area contributed by atoms with Gasteiger partial charge in [0.1, 0.15) is 0 Å². The van der Waals surface area contributed by atoms with Crippen molar-refractivity contribution >= 4 is 5.71 Å². The third-order valence-electron chi connectivity index (χ3n) is 1.28. The van der Waals surface area contributed by atoms with Crippen LogP contribution in [-0.4, -0.2) is 5.71 Å².